The minimum absolute atomic E-state index is 0.150. The summed E-state index contributed by atoms with van der Waals surface area (Å²) in [7, 11) is 0. The topological polar surface area (TPSA) is 20.2 Å². The van der Waals surface area contributed by atoms with Crippen LogP contribution in [0.4, 0.5) is 0 Å². The molecule has 1 aliphatic rings. The molecule has 1 heterocycles. The Balaban J connectivity index is 2.36. The smallest absolute Gasteiger partial charge is 0.0573 e. The lowest BCUT2D eigenvalue weighted by molar-refractivity contribution is 0.227. The van der Waals surface area contributed by atoms with E-state index < -0.39 is 0 Å². The minimum Gasteiger partial charge on any atom is -0.395 e. The maximum atomic E-state index is 9.43. The van der Waals surface area contributed by atoms with Gasteiger partial charge >= 0.3 is 0 Å². The highest BCUT2D eigenvalue weighted by Crippen LogP contribution is 2.34. The summed E-state index contributed by atoms with van der Waals surface area (Å²) in [6.07, 6.45) is 9.15. The molecule has 0 fully saturated rings. The van der Waals surface area contributed by atoms with Gasteiger partial charge in [-0.05, 0) is 17.9 Å². The number of aliphatic hydroxyl groups excluding tert-OH is 1. The van der Waals surface area contributed by atoms with Gasteiger partial charge in [0.2, 0.25) is 0 Å². The third-order valence-corrected chi connectivity index (χ3v) is 3.53. The Kier molecular flexibility index (Phi) is 2.34. The molecule has 1 nitrogen and oxygen atoms in total. The fraction of sp³-hybridized carbons (Fsp3) is 0.273. The molecule has 1 aromatic rings. The standard InChI is InChI=1S/C11H12OS/c12-9-11(6-2-1-3-7-11)10-5-4-8-13-10/h1-6,8,12H,7,9H2. The first-order valence-corrected chi connectivity index (χ1v) is 5.25. The van der Waals surface area contributed by atoms with E-state index in [9.17, 15) is 5.11 Å². The van der Waals surface area contributed by atoms with Gasteiger partial charge in [-0.1, -0.05) is 30.4 Å². The number of hydrogen-bond acceptors (Lipinski definition) is 2. The van der Waals surface area contributed by atoms with Crippen LogP contribution in [0.15, 0.2) is 41.8 Å². The van der Waals surface area contributed by atoms with Crippen molar-refractivity contribution in [3.8, 4) is 0 Å². The summed E-state index contributed by atoms with van der Waals surface area (Å²) < 4.78 is 0. The van der Waals surface area contributed by atoms with E-state index >= 15 is 0 Å². The van der Waals surface area contributed by atoms with Crippen LogP contribution in [0, 0.1) is 0 Å². The monoisotopic (exact) mass is 192 g/mol. The molecule has 2 heteroatoms. The van der Waals surface area contributed by atoms with E-state index in [2.05, 4.69) is 23.6 Å². The van der Waals surface area contributed by atoms with Gasteiger partial charge in [-0.2, -0.15) is 0 Å². The molecule has 13 heavy (non-hydrogen) atoms. The van der Waals surface area contributed by atoms with E-state index in [1.54, 1.807) is 11.3 Å². The number of aliphatic hydroxyl groups is 1. The fourth-order valence-electron chi connectivity index (χ4n) is 1.60. The maximum Gasteiger partial charge on any atom is 0.0573 e. The zero-order valence-corrected chi connectivity index (χ0v) is 8.13. The van der Waals surface area contributed by atoms with Crippen molar-refractivity contribution in [2.75, 3.05) is 6.61 Å². The Morgan fingerprint density at radius 2 is 2.38 bits per heavy atom. The van der Waals surface area contributed by atoms with Crippen LogP contribution in [0.25, 0.3) is 0 Å². The van der Waals surface area contributed by atoms with Crippen LogP contribution < -0.4 is 0 Å². The van der Waals surface area contributed by atoms with Crippen molar-refractivity contribution < 1.29 is 5.11 Å². The zero-order valence-electron chi connectivity index (χ0n) is 7.31. The Morgan fingerprint density at radius 3 is 2.92 bits per heavy atom. The molecule has 0 saturated carbocycles. The van der Waals surface area contributed by atoms with Crippen molar-refractivity contribution in [1.29, 1.82) is 0 Å². The fourth-order valence-corrected chi connectivity index (χ4v) is 2.52. The van der Waals surface area contributed by atoms with Gasteiger partial charge in [-0.15, -0.1) is 11.3 Å². The summed E-state index contributed by atoms with van der Waals surface area (Å²) in [6, 6.07) is 4.12. The van der Waals surface area contributed by atoms with Gasteiger partial charge in [-0.3, -0.25) is 0 Å². The van der Waals surface area contributed by atoms with Crippen molar-refractivity contribution >= 4 is 11.3 Å². The molecule has 1 aliphatic carbocycles. The summed E-state index contributed by atoms with van der Waals surface area (Å²) in [5.74, 6) is 0. The van der Waals surface area contributed by atoms with Crippen molar-refractivity contribution in [1.82, 2.24) is 0 Å². The normalized spacial score (nSPS) is 26.5. The number of thiophene rings is 1. The molecule has 0 spiro atoms. The van der Waals surface area contributed by atoms with Crippen LogP contribution in [-0.4, -0.2) is 11.7 Å². The van der Waals surface area contributed by atoms with Gasteiger partial charge in [0.25, 0.3) is 0 Å². The second-order valence-corrected chi connectivity index (χ2v) is 4.23. The highest BCUT2D eigenvalue weighted by atomic mass is 32.1. The molecule has 0 amide bonds. The van der Waals surface area contributed by atoms with Crippen LogP contribution in [0.2, 0.25) is 0 Å². The summed E-state index contributed by atoms with van der Waals surface area (Å²) in [6.45, 7) is 0.189. The van der Waals surface area contributed by atoms with E-state index in [0.717, 1.165) is 6.42 Å². The van der Waals surface area contributed by atoms with E-state index in [0.29, 0.717) is 0 Å². The molecule has 1 unspecified atom stereocenters. The van der Waals surface area contributed by atoms with Crippen LogP contribution in [0.5, 0.6) is 0 Å². The highest BCUT2D eigenvalue weighted by Gasteiger charge is 2.29. The van der Waals surface area contributed by atoms with Crippen molar-refractivity contribution in [3.63, 3.8) is 0 Å². The molecule has 0 bridgehead atoms. The summed E-state index contributed by atoms with van der Waals surface area (Å²) in [5, 5.41) is 11.5. The SMILES string of the molecule is OCC1(c2cccs2)C=CC=CC1. The van der Waals surface area contributed by atoms with Crippen LogP contribution in [0.1, 0.15) is 11.3 Å². The lowest BCUT2D eigenvalue weighted by Gasteiger charge is -2.27. The lowest BCUT2D eigenvalue weighted by atomic mass is 9.81. The predicted molar refractivity (Wildman–Crippen MR) is 56.0 cm³/mol. The first-order valence-electron chi connectivity index (χ1n) is 4.37. The van der Waals surface area contributed by atoms with Crippen LogP contribution >= 0.6 is 11.3 Å². The second kappa shape index (κ2) is 3.48. The molecule has 1 N–H and O–H groups in total. The molecule has 0 saturated heterocycles. The second-order valence-electron chi connectivity index (χ2n) is 3.28. The average Bonchev–Trinajstić information content (AvgIpc) is 2.72. The lowest BCUT2D eigenvalue weighted by Crippen LogP contribution is -2.27. The van der Waals surface area contributed by atoms with Crippen molar-refractivity contribution in [3.05, 3.63) is 46.7 Å². The van der Waals surface area contributed by atoms with Gasteiger partial charge in [0.1, 0.15) is 0 Å². The minimum atomic E-state index is -0.150. The van der Waals surface area contributed by atoms with Crippen LogP contribution in [0.3, 0.4) is 0 Å². The first kappa shape index (κ1) is 8.73. The Labute approximate surface area is 82.0 Å². The largest absolute Gasteiger partial charge is 0.395 e. The molecule has 0 radical (unpaired) electrons. The Morgan fingerprint density at radius 1 is 1.46 bits per heavy atom. The molecular weight excluding hydrogens is 180 g/mol. The predicted octanol–water partition coefficient (Wildman–Crippen LogP) is 2.49. The maximum absolute atomic E-state index is 9.43. The van der Waals surface area contributed by atoms with E-state index in [1.165, 1.54) is 4.88 Å². The van der Waals surface area contributed by atoms with Gasteiger partial charge in [0, 0.05) is 10.3 Å². The third-order valence-electron chi connectivity index (χ3n) is 2.44. The zero-order chi connectivity index (χ0) is 9.15. The highest BCUT2D eigenvalue weighted by molar-refractivity contribution is 7.10. The molecule has 1 aromatic heterocycles. The van der Waals surface area contributed by atoms with Crippen molar-refractivity contribution in [2.45, 2.75) is 11.8 Å². The van der Waals surface area contributed by atoms with E-state index in [1.807, 2.05) is 18.2 Å². The Hall–Kier alpha value is -0.860. The molecule has 2 rings (SSSR count). The van der Waals surface area contributed by atoms with Gasteiger partial charge in [-0.25, -0.2) is 0 Å². The van der Waals surface area contributed by atoms with Crippen LogP contribution in [-0.2, 0) is 5.41 Å². The molecular formula is C11H12OS. The van der Waals surface area contributed by atoms with Gasteiger partial charge < -0.3 is 5.11 Å². The number of allylic oxidation sites excluding steroid dienone is 3. The summed E-state index contributed by atoms with van der Waals surface area (Å²) >= 11 is 1.71. The molecule has 0 aliphatic heterocycles. The molecule has 68 valence electrons. The van der Waals surface area contributed by atoms with Crippen molar-refractivity contribution in [2.24, 2.45) is 0 Å². The average molecular weight is 192 g/mol. The van der Waals surface area contributed by atoms with E-state index in [4.69, 9.17) is 0 Å². The molecule has 1 atom stereocenters. The molecule has 0 aromatic carbocycles. The quantitative estimate of drug-likeness (QED) is 0.763. The Bertz CT molecular complexity index is 324. The van der Waals surface area contributed by atoms with E-state index in [-0.39, 0.29) is 12.0 Å². The number of hydrogen-bond donors (Lipinski definition) is 1. The summed E-state index contributed by atoms with van der Waals surface area (Å²) in [4.78, 5) is 1.25. The van der Waals surface area contributed by atoms with Gasteiger partial charge in [0.05, 0.1) is 6.61 Å². The summed E-state index contributed by atoms with van der Waals surface area (Å²) in [5.41, 5.74) is -0.150. The first-order chi connectivity index (χ1) is 6.37. The third kappa shape index (κ3) is 1.47. The number of rotatable bonds is 2. The van der Waals surface area contributed by atoms with Gasteiger partial charge in [0.15, 0.2) is 0 Å².